The highest BCUT2D eigenvalue weighted by Gasteiger charge is 2.26. The molecule has 0 saturated carbocycles. The minimum Gasteiger partial charge on any atom is -0.468 e. The van der Waals surface area contributed by atoms with E-state index in [-0.39, 0.29) is 17.7 Å². The minimum atomic E-state index is 0.0214. The first-order valence-corrected chi connectivity index (χ1v) is 10.6. The Hall–Kier alpha value is -2.60. The van der Waals surface area contributed by atoms with E-state index in [0.717, 1.165) is 75.4 Å². The van der Waals surface area contributed by atoms with Crippen molar-refractivity contribution >= 4 is 17.5 Å². The van der Waals surface area contributed by atoms with Crippen molar-refractivity contribution in [3.05, 3.63) is 53.5 Å². The van der Waals surface area contributed by atoms with Crippen molar-refractivity contribution < 1.29 is 14.0 Å². The predicted molar refractivity (Wildman–Crippen MR) is 112 cm³/mol. The summed E-state index contributed by atoms with van der Waals surface area (Å²) >= 11 is 0. The fourth-order valence-corrected chi connectivity index (χ4v) is 4.25. The van der Waals surface area contributed by atoms with Crippen LogP contribution in [0.4, 0.5) is 5.69 Å². The fourth-order valence-electron chi connectivity index (χ4n) is 4.25. The summed E-state index contributed by atoms with van der Waals surface area (Å²) in [6.07, 6.45) is 5.55. The van der Waals surface area contributed by atoms with Crippen molar-refractivity contribution in [3.8, 4) is 0 Å². The number of furan rings is 1. The standard InChI is InChI=1S/C23H29N3O3/c1-17-15-19(23(28)26-10-2-3-11-26)6-7-21(17)24-22(27)18-8-12-25(13-9-18)16-20-5-4-14-29-20/h4-7,14-15,18H,2-3,8-13,16H2,1H3,(H,24,27). The number of rotatable bonds is 5. The lowest BCUT2D eigenvalue weighted by atomic mass is 9.95. The maximum atomic E-state index is 12.7. The molecule has 0 bridgehead atoms. The Bertz CT molecular complexity index is 848. The van der Waals surface area contributed by atoms with Gasteiger partial charge in [0.15, 0.2) is 0 Å². The molecule has 154 valence electrons. The number of nitrogens with one attached hydrogen (secondary N) is 1. The molecule has 2 amide bonds. The molecule has 0 radical (unpaired) electrons. The minimum absolute atomic E-state index is 0.0214. The van der Waals surface area contributed by atoms with E-state index < -0.39 is 0 Å². The first-order valence-electron chi connectivity index (χ1n) is 10.6. The molecule has 1 N–H and O–H groups in total. The second kappa shape index (κ2) is 8.82. The smallest absolute Gasteiger partial charge is 0.253 e. The number of anilines is 1. The van der Waals surface area contributed by atoms with E-state index in [2.05, 4.69) is 10.2 Å². The zero-order chi connectivity index (χ0) is 20.2. The van der Waals surface area contributed by atoms with Crippen LogP contribution >= 0.6 is 0 Å². The van der Waals surface area contributed by atoms with Crippen molar-refractivity contribution in [1.29, 1.82) is 0 Å². The van der Waals surface area contributed by atoms with Gasteiger partial charge in [-0.15, -0.1) is 0 Å². The van der Waals surface area contributed by atoms with Crippen LogP contribution in [-0.2, 0) is 11.3 Å². The third-order valence-electron chi connectivity index (χ3n) is 6.04. The fraction of sp³-hybridized carbons (Fsp3) is 0.478. The average Bonchev–Trinajstić information content (AvgIpc) is 3.43. The van der Waals surface area contributed by atoms with E-state index in [1.54, 1.807) is 6.26 Å². The third kappa shape index (κ3) is 4.70. The SMILES string of the molecule is Cc1cc(C(=O)N2CCCC2)ccc1NC(=O)C1CCN(Cc2ccco2)CC1. The number of hydrogen-bond donors (Lipinski definition) is 1. The largest absolute Gasteiger partial charge is 0.468 e. The molecule has 0 spiro atoms. The van der Waals surface area contributed by atoms with Crippen LogP contribution < -0.4 is 5.32 Å². The van der Waals surface area contributed by atoms with E-state index in [0.29, 0.717) is 5.56 Å². The summed E-state index contributed by atoms with van der Waals surface area (Å²) < 4.78 is 5.41. The van der Waals surface area contributed by atoms with Gasteiger partial charge in [0.2, 0.25) is 5.91 Å². The van der Waals surface area contributed by atoms with Crippen LogP contribution in [-0.4, -0.2) is 47.8 Å². The van der Waals surface area contributed by atoms with Gasteiger partial charge >= 0.3 is 0 Å². The van der Waals surface area contributed by atoms with Crippen molar-refractivity contribution in [2.24, 2.45) is 5.92 Å². The maximum absolute atomic E-state index is 12.7. The summed E-state index contributed by atoms with van der Waals surface area (Å²) in [6.45, 7) is 6.21. The van der Waals surface area contributed by atoms with Crippen molar-refractivity contribution in [1.82, 2.24) is 9.80 Å². The lowest BCUT2D eigenvalue weighted by Gasteiger charge is -2.30. The zero-order valence-electron chi connectivity index (χ0n) is 17.0. The Morgan fingerprint density at radius 1 is 1.10 bits per heavy atom. The van der Waals surface area contributed by atoms with Crippen molar-refractivity contribution in [3.63, 3.8) is 0 Å². The molecule has 0 aliphatic carbocycles. The first kappa shape index (κ1) is 19.7. The molecule has 0 unspecified atom stereocenters. The molecule has 2 aliphatic heterocycles. The summed E-state index contributed by atoms with van der Waals surface area (Å²) in [5.41, 5.74) is 2.43. The highest BCUT2D eigenvalue weighted by atomic mass is 16.3. The van der Waals surface area contributed by atoms with Gasteiger partial charge in [0.25, 0.3) is 5.91 Å². The van der Waals surface area contributed by atoms with Crippen molar-refractivity contribution in [2.75, 3.05) is 31.5 Å². The average molecular weight is 396 g/mol. The summed E-state index contributed by atoms with van der Waals surface area (Å²) in [4.78, 5) is 29.5. The summed E-state index contributed by atoms with van der Waals surface area (Å²) in [7, 11) is 0. The molecule has 2 fully saturated rings. The molecule has 2 saturated heterocycles. The van der Waals surface area contributed by atoms with Crippen LogP contribution in [0.25, 0.3) is 0 Å². The topological polar surface area (TPSA) is 65.8 Å². The number of benzene rings is 1. The highest BCUT2D eigenvalue weighted by Crippen LogP contribution is 2.24. The Labute approximate surface area is 171 Å². The number of carbonyl (C=O) groups excluding carboxylic acids is 2. The second-order valence-corrected chi connectivity index (χ2v) is 8.15. The van der Waals surface area contributed by atoms with Crippen LogP contribution in [0.5, 0.6) is 0 Å². The number of aryl methyl sites for hydroxylation is 1. The predicted octanol–water partition coefficient (Wildman–Crippen LogP) is 3.67. The number of carbonyl (C=O) groups is 2. The molecular weight excluding hydrogens is 366 g/mol. The van der Waals surface area contributed by atoms with Crippen LogP contribution in [0.2, 0.25) is 0 Å². The van der Waals surface area contributed by atoms with E-state index in [9.17, 15) is 9.59 Å². The highest BCUT2D eigenvalue weighted by molar-refractivity contribution is 5.97. The number of amides is 2. The Balaban J connectivity index is 1.31. The van der Waals surface area contributed by atoms with Crippen LogP contribution in [0.15, 0.2) is 41.0 Å². The zero-order valence-corrected chi connectivity index (χ0v) is 17.0. The quantitative estimate of drug-likeness (QED) is 0.839. The third-order valence-corrected chi connectivity index (χ3v) is 6.04. The van der Waals surface area contributed by atoms with Gasteiger partial charge in [-0.05, 0) is 81.6 Å². The number of likely N-dealkylation sites (tertiary alicyclic amines) is 2. The number of piperidine rings is 1. The summed E-state index contributed by atoms with van der Waals surface area (Å²) in [5, 5.41) is 3.08. The Kier molecular flexibility index (Phi) is 6.00. The summed E-state index contributed by atoms with van der Waals surface area (Å²) in [5.74, 6) is 1.15. The Morgan fingerprint density at radius 3 is 2.52 bits per heavy atom. The lowest BCUT2D eigenvalue weighted by Crippen LogP contribution is -2.37. The van der Waals surface area contributed by atoms with Gasteiger partial charge in [-0.25, -0.2) is 0 Å². The molecule has 6 heteroatoms. The Morgan fingerprint density at radius 2 is 1.86 bits per heavy atom. The molecule has 1 aromatic heterocycles. The van der Waals surface area contributed by atoms with E-state index in [1.807, 2.05) is 42.2 Å². The first-order chi connectivity index (χ1) is 14.1. The van der Waals surface area contributed by atoms with Gasteiger partial charge in [0, 0.05) is 30.3 Å². The second-order valence-electron chi connectivity index (χ2n) is 8.15. The maximum Gasteiger partial charge on any atom is 0.253 e. The molecule has 4 rings (SSSR count). The molecule has 0 atom stereocenters. The van der Waals surface area contributed by atoms with Gasteiger partial charge in [-0.2, -0.15) is 0 Å². The van der Waals surface area contributed by atoms with Gasteiger partial charge in [0.1, 0.15) is 5.76 Å². The number of nitrogens with zero attached hydrogens (tertiary/aromatic N) is 2. The summed E-state index contributed by atoms with van der Waals surface area (Å²) in [6, 6.07) is 9.47. The van der Waals surface area contributed by atoms with Crippen LogP contribution in [0.3, 0.4) is 0 Å². The van der Waals surface area contributed by atoms with Gasteiger partial charge in [-0.3, -0.25) is 14.5 Å². The molecule has 2 aliphatic rings. The van der Waals surface area contributed by atoms with Gasteiger partial charge in [0.05, 0.1) is 12.8 Å². The van der Waals surface area contributed by atoms with E-state index >= 15 is 0 Å². The molecule has 2 aromatic rings. The van der Waals surface area contributed by atoms with Crippen molar-refractivity contribution in [2.45, 2.75) is 39.2 Å². The van der Waals surface area contributed by atoms with Gasteiger partial charge < -0.3 is 14.6 Å². The van der Waals surface area contributed by atoms with E-state index in [4.69, 9.17) is 4.42 Å². The molecular formula is C23H29N3O3. The number of hydrogen-bond acceptors (Lipinski definition) is 4. The molecule has 6 nitrogen and oxygen atoms in total. The molecule has 1 aromatic carbocycles. The van der Waals surface area contributed by atoms with E-state index in [1.165, 1.54) is 0 Å². The normalized spacial score (nSPS) is 18.2. The van der Waals surface area contributed by atoms with Crippen LogP contribution in [0.1, 0.15) is 47.4 Å². The lowest BCUT2D eigenvalue weighted by molar-refractivity contribution is -0.121. The molecule has 29 heavy (non-hydrogen) atoms. The monoisotopic (exact) mass is 395 g/mol. The molecule has 3 heterocycles. The van der Waals surface area contributed by atoms with Gasteiger partial charge in [-0.1, -0.05) is 0 Å². The van der Waals surface area contributed by atoms with Crippen LogP contribution in [0, 0.1) is 12.8 Å².